The third kappa shape index (κ3) is 4.31. The van der Waals surface area contributed by atoms with Crippen molar-refractivity contribution in [3.8, 4) is 44.9 Å². The van der Waals surface area contributed by atoms with Gasteiger partial charge in [-0.25, -0.2) is 15.0 Å². The third-order valence-electron chi connectivity index (χ3n) is 8.73. The number of para-hydroxylation sites is 1. The number of rotatable bonds is 4. The van der Waals surface area contributed by atoms with Crippen molar-refractivity contribution in [2.45, 2.75) is 0 Å². The predicted molar refractivity (Wildman–Crippen MR) is 189 cm³/mol. The first-order valence-electron chi connectivity index (χ1n) is 15.4. The Kier molecular flexibility index (Phi) is 6.10. The Morgan fingerprint density at radius 3 is 1.70 bits per heavy atom. The molecule has 4 heterocycles. The average molecular weight is 587 g/mol. The SMILES string of the molecule is c1ccc(-c2ccc3ccc4ccc(-c5cccc6c5nc(-c5cccnc5)c5cccc(-c7ccccc7)c56)nc4c3n2)cc1. The molecule has 0 unspecified atom stereocenters. The van der Waals surface area contributed by atoms with Crippen molar-refractivity contribution in [1.82, 2.24) is 19.9 Å². The molecular formula is C42H26N4. The van der Waals surface area contributed by atoms with Gasteiger partial charge in [-0.2, -0.15) is 0 Å². The van der Waals surface area contributed by atoms with Crippen LogP contribution in [0.2, 0.25) is 0 Å². The monoisotopic (exact) mass is 586 g/mol. The molecule has 0 amide bonds. The van der Waals surface area contributed by atoms with Crippen LogP contribution in [-0.2, 0) is 0 Å². The van der Waals surface area contributed by atoms with Gasteiger partial charge in [0.1, 0.15) is 0 Å². The van der Waals surface area contributed by atoms with E-state index in [0.717, 1.165) is 71.9 Å². The lowest BCUT2D eigenvalue weighted by molar-refractivity contribution is 1.31. The number of pyridine rings is 4. The maximum Gasteiger partial charge on any atom is 0.0972 e. The van der Waals surface area contributed by atoms with E-state index in [1.165, 1.54) is 16.5 Å². The lowest BCUT2D eigenvalue weighted by Crippen LogP contribution is -1.96. The molecule has 46 heavy (non-hydrogen) atoms. The Hall–Kier alpha value is -6.26. The van der Waals surface area contributed by atoms with E-state index in [-0.39, 0.29) is 0 Å². The highest BCUT2D eigenvalue weighted by atomic mass is 14.8. The van der Waals surface area contributed by atoms with Crippen LogP contribution in [0, 0.1) is 0 Å². The van der Waals surface area contributed by atoms with Crippen LogP contribution in [0.1, 0.15) is 0 Å². The molecule has 0 fully saturated rings. The van der Waals surface area contributed by atoms with Crippen molar-refractivity contribution in [2.24, 2.45) is 0 Å². The van der Waals surface area contributed by atoms with Gasteiger partial charge in [0.25, 0.3) is 0 Å². The van der Waals surface area contributed by atoms with Crippen LogP contribution in [0.4, 0.5) is 0 Å². The van der Waals surface area contributed by atoms with Crippen molar-refractivity contribution in [2.75, 3.05) is 0 Å². The molecule has 0 spiro atoms. The van der Waals surface area contributed by atoms with E-state index in [1.54, 1.807) is 6.20 Å². The Bertz CT molecular complexity index is 2560. The molecule has 0 bridgehead atoms. The predicted octanol–water partition coefficient (Wildman–Crippen LogP) is 10.5. The van der Waals surface area contributed by atoms with Crippen LogP contribution >= 0.6 is 0 Å². The molecule has 214 valence electrons. The van der Waals surface area contributed by atoms with Crippen molar-refractivity contribution < 1.29 is 0 Å². The smallest absolute Gasteiger partial charge is 0.0972 e. The summed E-state index contributed by atoms with van der Waals surface area (Å²) in [6, 6.07) is 50.5. The van der Waals surface area contributed by atoms with Gasteiger partial charge in [0.05, 0.1) is 33.6 Å². The molecular weight excluding hydrogens is 560 g/mol. The number of benzene rings is 5. The summed E-state index contributed by atoms with van der Waals surface area (Å²) in [7, 11) is 0. The quantitative estimate of drug-likeness (QED) is 0.193. The van der Waals surface area contributed by atoms with Gasteiger partial charge in [-0.05, 0) is 35.4 Å². The highest BCUT2D eigenvalue weighted by molar-refractivity contribution is 6.19. The van der Waals surface area contributed by atoms with Gasteiger partial charge >= 0.3 is 0 Å². The molecule has 4 nitrogen and oxygen atoms in total. The van der Waals surface area contributed by atoms with Crippen LogP contribution in [0.25, 0.3) is 88.4 Å². The third-order valence-corrected chi connectivity index (χ3v) is 8.73. The summed E-state index contributed by atoms with van der Waals surface area (Å²) in [5, 5.41) is 5.46. The average Bonchev–Trinajstić information content (AvgIpc) is 3.14. The number of nitrogens with zero attached hydrogens (tertiary/aromatic N) is 4. The second kappa shape index (κ2) is 10.7. The molecule has 9 aromatic rings. The van der Waals surface area contributed by atoms with Crippen molar-refractivity contribution >= 4 is 43.5 Å². The molecule has 0 saturated carbocycles. The first-order chi connectivity index (χ1) is 22.8. The van der Waals surface area contributed by atoms with E-state index in [1.807, 2.05) is 30.5 Å². The van der Waals surface area contributed by atoms with E-state index in [4.69, 9.17) is 15.0 Å². The zero-order chi connectivity index (χ0) is 30.5. The number of hydrogen-bond acceptors (Lipinski definition) is 4. The van der Waals surface area contributed by atoms with Crippen LogP contribution < -0.4 is 0 Å². The number of fused-ring (bicyclic) bond motifs is 6. The van der Waals surface area contributed by atoms with Crippen molar-refractivity contribution in [3.63, 3.8) is 0 Å². The first kappa shape index (κ1) is 26.2. The van der Waals surface area contributed by atoms with Gasteiger partial charge in [-0.3, -0.25) is 4.98 Å². The summed E-state index contributed by atoms with van der Waals surface area (Å²) in [5.41, 5.74) is 10.7. The van der Waals surface area contributed by atoms with Gasteiger partial charge in [-0.1, -0.05) is 121 Å². The fourth-order valence-corrected chi connectivity index (χ4v) is 6.55. The summed E-state index contributed by atoms with van der Waals surface area (Å²) in [5.74, 6) is 0. The minimum absolute atomic E-state index is 0.860. The Morgan fingerprint density at radius 2 is 0.978 bits per heavy atom. The van der Waals surface area contributed by atoms with Crippen molar-refractivity contribution in [1.29, 1.82) is 0 Å². The number of aromatic nitrogens is 4. The second-order valence-corrected chi connectivity index (χ2v) is 11.5. The lowest BCUT2D eigenvalue weighted by atomic mass is 9.92. The standard InChI is InChI=1S/C42H26N4/c1-3-10-27(11-4-1)32-15-7-17-34-38(32)35-18-8-16-33(42(35)46-39(34)31-14-9-25-43-26-31)37-24-22-30-20-19-29-21-23-36(28-12-5-2-6-13-28)44-40(29)41(30)45-37/h1-26H. The molecule has 0 atom stereocenters. The molecule has 0 radical (unpaired) electrons. The summed E-state index contributed by atoms with van der Waals surface area (Å²) >= 11 is 0. The Labute approximate surface area is 265 Å². The second-order valence-electron chi connectivity index (χ2n) is 11.5. The Balaban J connectivity index is 1.34. The van der Waals surface area contributed by atoms with Crippen LogP contribution in [0.15, 0.2) is 158 Å². The largest absolute Gasteiger partial charge is 0.264 e. The van der Waals surface area contributed by atoms with E-state index in [9.17, 15) is 0 Å². The highest BCUT2D eigenvalue weighted by Gasteiger charge is 2.18. The topological polar surface area (TPSA) is 51.6 Å². The van der Waals surface area contributed by atoms with Gasteiger partial charge in [0.2, 0.25) is 0 Å². The summed E-state index contributed by atoms with van der Waals surface area (Å²) in [6.07, 6.45) is 3.69. The zero-order valence-corrected chi connectivity index (χ0v) is 24.8. The van der Waals surface area contributed by atoms with Gasteiger partial charge in [-0.15, -0.1) is 0 Å². The van der Waals surface area contributed by atoms with E-state index in [2.05, 4.69) is 126 Å². The van der Waals surface area contributed by atoms with Gasteiger partial charge in [0, 0.05) is 56.0 Å². The lowest BCUT2D eigenvalue weighted by Gasteiger charge is -2.16. The van der Waals surface area contributed by atoms with E-state index < -0.39 is 0 Å². The van der Waals surface area contributed by atoms with Crippen molar-refractivity contribution in [3.05, 3.63) is 158 Å². The molecule has 0 aliphatic rings. The molecule has 4 aromatic heterocycles. The van der Waals surface area contributed by atoms with Crippen LogP contribution in [0.5, 0.6) is 0 Å². The minimum atomic E-state index is 0.860. The molecule has 5 aromatic carbocycles. The zero-order valence-electron chi connectivity index (χ0n) is 24.8. The minimum Gasteiger partial charge on any atom is -0.264 e. The fourth-order valence-electron chi connectivity index (χ4n) is 6.55. The van der Waals surface area contributed by atoms with E-state index >= 15 is 0 Å². The van der Waals surface area contributed by atoms with Gasteiger partial charge < -0.3 is 0 Å². The first-order valence-corrected chi connectivity index (χ1v) is 15.4. The molecule has 0 aliphatic heterocycles. The van der Waals surface area contributed by atoms with E-state index in [0.29, 0.717) is 0 Å². The number of hydrogen-bond donors (Lipinski definition) is 0. The normalized spacial score (nSPS) is 11.5. The fraction of sp³-hybridized carbons (Fsp3) is 0. The Morgan fingerprint density at radius 1 is 0.370 bits per heavy atom. The molecule has 0 aliphatic carbocycles. The van der Waals surface area contributed by atoms with Gasteiger partial charge in [0.15, 0.2) is 0 Å². The molecule has 0 saturated heterocycles. The highest BCUT2D eigenvalue weighted by Crippen LogP contribution is 2.41. The molecule has 9 rings (SSSR count). The molecule has 4 heteroatoms. The maximum absolute atomic E-state index is 5.39. The summed E-state index contributed by atoms with van der Waals surface area (Å²) < 4.78 is 0. The maximum atomic E-state index is 5.39. The summed E-state index contributed by atoms with van der Waals surface area (Å²) in [6.45, 7) is 0. The van der Waals surface area contributed by atoms with Crippen LogP contribution in [0.3, 0.4) is 0 Å². The van der Waals surface area contributed by atoms with Crippen LogP contribution in [-0.4, -0.2) is 19.9 Å². The molecule has 0 N–H and O–H groups in total. The summed E-state index contributed by atoms with van der Waals surface area (Å²) in [4.78, 5) is 20.3.